The maximum Gasteiger partial charge on any atom is 0.514 e. The monoisotopic (exact) mass is 1010 g/mol. The van der Waals surface area contributed by atoms with Crippen molar-refractivity contribution >= 4 is 41.1 Å². The normalized spacial score (nSPS) is 37.2. The van der Waals surface area contributed by atoms with E-state index < -0.39 is 34.5 Å². The van der Waals surface area contributed by atoms with Crippen LogP contribution in [0.15, 0.2) is 48.6 Å². The molecule has 12 atom stereocenters. The van der Waals surface area contributed by atoms with Crippen molar-refractivity contribution in [1.82, 2.24) is 10.2 Å². The smallest absolute Gasteiger partial charge is 0.443 e. The quantitative estimate of drug-likeness (QED) is 0.0367. The minimum absolute atomic E-state index is 0.00198. The first-order chi connectivity index (χ1) is 32.4. The molecule has 6 saturated heterocycles. The molecule has 3 N–H and O–H groups in total. The molecule has 1 aromatic carbocycles. The number of likely N-dealkylation sites (tertiary alicyclic amines) is 1. The Morgan fingerprint density at radius 1 is 0.812 bits per heavy atom. The van der Waals surface area contributed by atoms with E-state index in [1.807, 2.05) is 6.92 Å². The number of benzene rings is 1. The number of ether oxygens (including phenoxy) is 9. The van der Waals surface area contributed by atoms with Gasteiger partial charge in [0, 0.05) is 39.4 Å². The number of β-amino-alcohol motifs (C(OH)–C–C–N with tert-alkyl or cyclic N) is 2. The number of nitro groups is 1. The van der Waals surface area contributed by atoms with Crippen molar-refractivity contribution in [3.63, 3.8) is 0 Å². The standard InChI is InChI=1S/C23H29NO8.C21H33NO6.C4H9NO.CH2Cl2/c1-14(2)5-10-18-22(3,32-18)20-19(28-4)17(11-12-23(20)13-29-23)31-21(25)30-16-8-6-15(7-9-16)24(26)27;1-13(2)6-7-15-20(4,28-15)17-16(25-5)14(8-9-21(17)12-26-21)27-18(23)22-10-19(3,24)11-22;1-4(6)2-5-3-4;2-1-3/h5-10,14,17-20H,11-13H2,1-4H3;6-7,13-17,24H,8-12H2,1-5H3;5-6H,2-3H2,1H3;1H2/b10-5+;7-6+;;/t17-,18-,19-,20?,22+,23+;14-,15-,16-,17?,20+,21+;;/m11../s1. The van der Waals surface area contributed by atoms with Crippen molar-refractivity contribution < 1.29 is 67.4 Å². The van der Waals surface area contributed by atoms with Crippen LogP contribution in [0, 0.1) is 33.8 Å². The summed E-state index contributed by atoms with van der Waals surface area (Å²) in [5.74, 6) is 0.946. The van der Waals surface area contributed by atoms with E-state index in [2.05, 4.69) is 71.2 Å². The van der Waals surface area contributed by atoms with Crippen LogP contribution >= 0.6 is 23.2 Å². The molecule has 6 aliphatic heterocycles. The van der Waals surface area contributed by atoms with Crippen molar-refractivity contribution in [2.45, 2.75) is 151 Å². The summed E-state index contributed by atoms with van der Waals surface area (Å²) in [7, 11) is 3.26. The molecule has 388 valence electrons. The molecule has 9 rings (SSSR count). The Morgan fingerprint density at radius 3 is 1.57 bits per heavy atom. The van der Waals surface area contributed by atoms with E-state index in [0.29, 0.717) is 51.0 Å². The van der Waals surface area contributed by atoms with Crippen molar-refractivity contribution in [1.29, 1.82) is 0 Å². The lowest BCUT2D eigenvalue weighted by Gasteiger charge is -2.46. The van der Waals surface area contributed by atoms with Crippen LogP contribution < -0.4 is 10.1 Å². The zero-order valence-corrected chi connectivity index (χ0v) is 43.0. The van der Waals surface area contributed by atoms with Gasteiger partial charge >= 0.3 is 12.2 Å². The van der Waals surface area contributed by atoms with Gasteiger partial charge < -0.3 is 63.1 Å². The van der Waals surface area contributed by atoms with Gasteiger partial charge in [-0.3, -0.25) is 10.1 Å². The number of aliphatic hydroxyl groups is 2. The number of amides is 1. The molecule has 2 unspecified atom stereocenters. The third-order valence-electron chi connectivity index (χ3n) is 14.2. The van der Waals surface area contributed by atoms with E-state index in [1.54, 1.807) is 21.1 Å². The van der Waals surface area contributed by atoms with Crippen LogP contribution in [0.5, 0.6) is 5.75 Å². The molecule has 8 aliphatic rings. The zero-order valence-electron chi connectivity index (χ0n) is 41.5. The van der Waals surface area contributed by atoms with Gasteiger partial charge in [0.15, 0.2) is 0 Å². The highest BCUT2D eigenvalue weighted by molar-refractivity contribution is 6.40. The van der Waals surface area contributed by atoms with Crippen LogP contribution in [0.25, 0.3) is 0 Å². The molecule has 8 fully saturated rings. The van der Waals surface area contributed by atoms with Gasteiger partial charge in [0.25, 0.3) is 5.69 Å². The number of carbonyl (C=O) groups excluding carboxylic acids is 2. The predicted octanol–water partition coefficient (Wildman–Crippen LogP) is 6.93. The number of hydrogen-bond donors (Lipinski definition) is 3. The minimum Gasteiger partial charge on any atom is -0.443 e. The lowest BCUT2D eigenvalue weighted by atomic mass is 9.68. The average Bonchev–Trinajstić information content (AvgIpc) is 4.15. The Kier molecular flexibility index (Phi) is 17.5. The van der Waals surface area contributed by atoms with E-state index in [1.165, 1.54) is 29.2 Å². The highest BCUT2D eigenvalue weighted by Gasteiger charge is 2.73. The molecule has 18 nitrogen and oxygen atoms in total. The summed E-state index contributed by atoms with van der Waals surface area (Å²) in [5, 5.41) is 32.6. The summed E-state index contributed by atoms with van der Waals surface area (Å²) in [6, 6.07) is 5.24. The number of nitrogens with one attached hydrogen (secondary N) is 1. The second-order valence-electron chi connectivity index (χ2n) is 21.1. The molecule has 0 bridgehead atoms. The van der Waals surface area contributed by atoms with E-state index >= 15 is 0 Å². The minimum atomic E-state index is -0.879. The van der Waals surface area contributed by atoms with E-state index in [9.17, 15) is 24.8 Å². The molecular formula is C49H73Cl2N3O15. The fourth-order valence-electron chi connectivity index (χ4n) is 10.4. The number of non-ortho nitro benzene ring substituents is 1. The number of nitro benzene ring substituents is 1. The molecule has 2 saturated carbocycles. The number of rotatable bonds is 12. The van der Waals surface area contributed by atoms with E-state index in [4.69, 9.17) is 70.9 Å². The Balaban J connectivity index is 0.000000193. The number of halogens is 2. The van der Waals surface area contributed by atoms with Gasteiger partial charge in [-0.05, 0) is 77.3 Å². The van der Waals surface area contributed by atoms with Gasteiger partial charge in [-0.25, -0.2) is 9.59 Å². The van der Waals surface area contributed by atoms with Crippen LogP contribution in [0.2, 0.25) is 0 Å². The van der Waals surface area contributed by atoms with Gasteiger partial charge in [-0.2, -0.15) is 0 Å². The first-order valence-corrected chi connectivity index (χ1v) is 24.9. The zero-order chi connectivity index (χ0) is 50.7. The Bertz CT molecular complexity index is 1980. The molecule has 6 heterocycles. The highest BCUT2D eigenvalue weighted by Crippen LogP contribution is 2.60. The second-order valence-corrected chi connectivity index (χ2v) is 21.9. The maximum absolute atomic E-state index is 12.5. The summed E-state index contributed by atoms with van der Waals surface area (Å²) >= 11 is 9.53. The molecule has 1 amide bonds. The summed E-state index contributed by atoms with van der Waals surface area (Å²) < 4.78 is 52.4. The fourth-order valence-corrected chi connectivity index (χ4v) is 10.4. The topological polar surface area (TPSA) is 229 Å². The van der Waals surface area contributed by atoms with Crippen molar-refractivity contribution in [3.8, 4) is 5.75 Å². The van der Waals surface area contributed by atoms with Crippen LogP contribution in [-0.2, 0) is 37.9 Å². The molecule has 2 spiro atoms. The van der Waals surface area contributed by atoms with Crippen LogP contribution in [0.4, 0.5) is 15.3 Å². The first-order valence-electron chi connectivity index (χ1n) is 23.8. The van der Waals surface area contributed by atoms with E-state index in [0.717, 1.165) is 25.9 Å². The third kappa shape index (κ3) is 13.3. The van der Waals surface area contributed by atoms with Crippen molar-refractivity contribution in [3.05, 3.63) is 58.7 Å². The van der Waals surface area contributed by atoms with Crippen molar-refractivity contribution in [2.75, 3.05) is 59.0 Å². The number of nitrogens with zero attached hydrogens (tertiary/aromatic N) is 2. The van der Waals surface area contributed by atoms with Gasteiger partial charge in [0.05, 0.1) is 59.6 Å². The molecule has 20 heteroatoms. The number of alkyl halides is 2. The molecule has 0 aromatic heterocycles. The highest BCUT2D eigenvalue weighted by atomic mass is 35.5. The number of epoxide rings is 4. The number of carbonyl (C=O) groups is 2. The summed E-state index contributed by atoms with van der Waals surface area (Å²) in [6.45, 7) is 19.7. The predicted molar refractivity (Wildman–Crippen MR) is 255 cm³/mol. The van der Waals surface area contributed by atoms with Crippen molar-refractivity contribution in [2.24, 2.45) is 23.7 Å². The lowest BCUT2D eigenvalue weighted by molar-refractivity contribution is -0.384. The van der Waals surface area contributed by atoms with Crippen LogP contribution in [0.1, 0.15) is 81.1 Å². The third-order valence-corrected chi connectivity index (χ3v) is 14.2. The molecular weight excluding hydrogens is 941 g/mol. The average molecular weight is 1020 g/mol. The van der Waals surface area contributed by atoms with E-state index in [-0.39, 0.29) is 81.5 Å². The molecule has 1 aromatic rings. The SMILES string of the molecule is CC1(O)CNC1.CO[C@H]1C([C@@]2(C)O[C@@H]2/C=C/C(C)C)[C@]2(CC[C@H]1OC(=O)N1CC(C)(O)C1)CO2.CO[C@H]1C([C@@]2(C)O[C@@H]2/C=C/C(C)C)[C@]2(CC[C@H]1OC(=O)Oc1ccc([N+](=O)[O-])cc1)CO2.ClCCl. The largest absolute Gasteiger partial charge is 0.514 e. The van der Waals surface area contributed by atoms with Gasteiger partial charge in [0.2, 0.25) is 0 Å². The lowest BCUT2D eigenvalue weighted by Crippen LogP contribution is -2.63. The second kappa shape index (κ2) is 21.9. The van der Waals surface area contributed by atoms with Crippen LogP contribution in [-0.4, -0.2) is 161 Å². The maximum atomic E-state index is 12.5. The van der Waals surface area contributed by atoms with Gasteiger partial charge in [-0.15, -0.1) is 23.2 Å². The van der Waals surface area contributed by atoms with Crippen LogP contribution in [0.3, 0.4) is 0 Å². The number of hydrogen-bond acceptors (Lipinski definition) is 16. The Morgan fingerprint density at radius 2 is 1.23 bits per heavy atom. The summed E-state index contributed by atoms with van der Waals surface area (Å²) in [6.07, 6.45) is 8.47. The molecule has 0 radical (unpaired) electrons. The number of allylic oxidation sites excluding steroid dienone is 2. The first kappa shape index (κ1) is 55.2. The summed E-state index contributed by atoms with van der Waals surface area (Å²) in [5.41, 5.74) is -2.70. The molecule has 2 aliphatic carbocycles. The summed E-state index contributed by atoms with van der Waals surface area (Å²) in [4.78, 5) is 36.7. The van der Waals surface area contributed by atoms with Gasteiger partial charge in [-0.1, -0.05) is 52.0 Å². The Hall–Kier alpha value is -3.14. The molecule has 69 heavy (non-hydrogen) atoms. The number of methoxy groups -OCH3 is 2. The van der Waals surface area contributed by atoms with Gasteiger partial charge in [0.1, 0.15) is 64.8 Å². The Labute approximate surface area is 415 Å². The fraction of sp³-hybridized carbons (Fsp3) is 0.755.